The van der Waals surface area contributed by atoms with Crippen molar-refractivity contribution in [2.45, 2.75) is 6.04 Å². The third kappa shape index (κ3) is 2.92. The minimum atomic E-state index is -1.03. The third-order valence-electron chi connectivity index (χ3n) is 4.50. The summed E-state index contributed by atoms with van der Waals surface area (Å²) in [5.41, 5.74) is 2.70. The Balaban J connectivity index is 1.73. The molecule has 1 atom stereocenters. The van der Waals surface area contributed by atoms with Crippen LogP contribution in [0, 0.1) is 11.6 Å². The van der Waals surface area contributed by atoms with Crippen molar-refractivity contribution in [1.82, 2.24) is 0 Å². The average Bonchev–Trinajstić information content (AvgIpc) is 2.69. The molecule has 0 spiro atoms. The summed E-state index contributed by atoms with van der Waals surface area (Å²) in [6.07, 6.45) is 0. The average molecular weight is 350 g/mol. The van der Waals surface area contributed by atoms with Crippen molar-refractivity contribution in [3.05, 3.63) is 95.6 Å². The summed E-state index contributed by atoms with van der Waals surface area (Å²) >= 11 is 0. The Hall–Kier alpha value is -3.21. The molecule has 0 saturated heterocycles. The van der Waals surface area contributed by atoms with Gasteiger partial charge in [0.15, 0.2) is 11.6 Å². The lowest BCUT2D eigenvalue weighted by molar-refractivity contribution is 0.0984. The number of rotatable bonds is 2. The molecule has 4 rings (SSSR count). The number of anilines is 2. The van der Waals surface area contributed by atoms with Gasteiger partial charge < -0.3 is 10.2 Å². The summed E-state index contributed by atoms with van der Waals surface area (Å²) in [4.78, 5) is 14.6. The molecule has 1 aliphatic rings. The highest BCUT2D eigenvalue weighted by atomic mass is 19.2. The number of nitrogens with zero attached hydrogens (tertiary/aromatic N) is 1. The van der Waals surface area contributed by atoms with E-state index in [9.17, 15) is 13.6 Å². The maximum Gasteiger partial charge on any atom is 0.258 e. The number of carbonyl (C=O) groups excluding carboxylic acids is 1. The molecular weight excluding hydrogens is 334 g/mol. The van der Waals surface area contributed by atoms with Gasteiger partial charge in [0.05, 0.1) is 24.0 Å². The molecule has 0 saturated carbocycles. The first kappa shape index (κ1) is 16.3. The molecule has 0 bridgehead atoms. The SMILES string of the molecule is O=C(c1ccc(F)c(F)c1)N1CC(c2ccccc2)Nc2ccccc21. The molecule has 26 heavy (non-hydrogen) atoms. The molecule has 0 aromatic heterocycles. The van der Waals surface area contributed by atoms with E-state index in [0.29, 0.717) is 6.54 Å². The molecular formula is C21H16F2N2O. The molecule has 1 unspecified atom stereocenters. The number of hydrogen-bond donors (Lipinski definition) is 1. The molecule has 1 N–H and O–H groups in total. The summed E-state index contributed by atoms with van der Waals surface area (Å²) in [6.45, 7) is 0.388. The number of benzene rings is 3. The minimum Gasteiger partial charge on any atom is -0.375 e. The maximum absolute atomic E-state index is 13.6. The lowest BCUT2D eigenvalue weighted by atomic mass is 10.0. The van der Waals surface area contributed by atoms with Crippen LogP contribution in [0.2, 0.25) is 0 Å². The predicted octanol–water partition coefficient (Wildman–Crippen LogP) is 4.78. The van der Waals surface area contributed by atoms with Crippen molar-refractivity contribution in [1.29, 1.82) is 0 Å². The Morgan fingerprint density at radius 2 is 1.65 bits per heavy atom. The zero-order valence-corrected chi connectivity index (χ0v) is 13.8. The van der Waals surface area contributed by atoms with Gasteiger partial charge in [-0.15, -0.1) is 0 Å². The van der Waals surface area contributed by atoms with Crippen LogP contribution in [0.5, 0.6) is 0 Å². The molecule has 0 aliphatic carbocycles. The first-order chi connectivity index (χ1) is 12.6. The normalized spacial score (nSPS) is 15.9. The van der Waals surface area contributed by atoms with Crippen LogP contribution in [0.4, 0.5) is 20.2 Å². The van der Waals surface area contributed by atoms with Gasteiger partial charge in [-0.25, -0.2) is 8.78 Å². The fraction of sp³-hybridized carbons (Fsp3) is 0.0952. The quantitative estimate of drug-likeness (QED) is 0.721. The van der Waals surface area contributed by atoms with Crippen LogP contribution in [0.25, 0.3) is 0 Å². The number of amides is 1. The van der Waals surface area contributed by atoms with Crippen molar-refractivity contribution < 1.29 is 13.6 Å². The van der Waals surface area contributed by atoms with Gasteiger partial charge in [0.2, 0.25) is 0 Å². The van der Waals surface area contributed by atoms with Crippen LogP contribution in [0.1, 0.15) is 22.0 Å². The van der Waals surface area contributed by atoms with E-state index in [1.807, 2.05) is 54.6 Å². The summed E-state index contributed by atoms with van der Waals surface area (Å²) in [5.74, 6) is -2.36. The molecule has 0 radical (unpaired) electrons. The van der Waals surface area contributed by atoms with E-state index in [-0.39, 0.29) is 17.5 Å². The van der Waals surface area contributed by atoms with Crippen LogP contribution >= 0.6 is 0 Å². The second-order valence-corrected chi connectivity index (χ2v) is 6.17. The van der Waals surface area contributed by atoms with Crippen LogP contribution in [0.3, 0.4) is 0 Å². The van der Waals surface area contributed by atoms with Crippen molar-refractivity contribution in [3.8, 4) is 0 Å². The molecule has 3 aromatic carbocycles. The number of hydrogen-bond acceptors (Lipinski definition) is 2. The van der Waals surface area contributed by atoms with Gasteiger partial charge in [-0.05, 0) is 35.9 Å². The van der Waals surface area contributed by atoms with Crippen LogP contribution in [-0.4, -0.2) is 12.5 Å². The molecule has 3 aromatic rings. The van der Waals surface area contributed by atoms with Crippen LogP contribution in [0.15, 0.2) is 72.8 Å². The Kier molecular flexibility index (Phi) is 4.13. The second-order valence-electron chi connectivity index (χ2n) is 6.17. The van der Waals surface area contributed by atoms with Gasteiger partial charge in [0.25, 0.3) is 5.91 Å². The van der Waals surface area contributed by atoms with Gasteiger partial charge in [0.1, 0.15) is 0 Å². The van der Waals surface area contributed by atoms with E-state index in [0.717, 1.165) is 29.1 Å². The summed E-state index contributed by atoms with van der Waals surface area (Å²) in [6, 6.07) is 20.4. The number of halogens is 2. The Morgan fingerprint density at radius 1 is 0.923 bits per heavy atom. The van der Waals surface area contributed by atoms with E-state index >= 15 is 0 Å². The maximum atomic E-state index is 13.6. The van der Waals surface area contributed by atoms with Crippen LogP contribution < -0.4 is 10.2 Å². The van der Waals surface area contributed by atoms with Crippen LogP contribution in [-0.2, 0) is 0 Å². The Morgan fingerprint density at radius 3 is 2.42 bits per heavy atom. The topological polar surface area (TPSA) is 32.3 Å². The Labute approximate surface area is 149 Å². The van der Waals surface area contributed by atoms with E-state index < -0.39 is 11.6 Å². The van der Waals surface area contributed by atoms with E-state index in [1.54, 1.807) is 4.90 Å². The van der Waals surface area contributed by atoms with E-state index in [1.165, 1.54) is 6.07 Å². The highest BCUT2D eigenvalue weighted by molar-refractivity contribution is 6.08. The Bertz CT molecular complexity index is 959. The molecule has 1 heterocycles. The van der Waals surface area contributed by atoms with Gasteiger partial charge in [0, 0.05) is 5.56 Å². The molecule has 5 heteroatoms. The number of para-hydroxylation sites is 2. The standard InChI is InChI=1S/C21H16F2N2O/c22-16-11-10-15(12-17(16)23)21(26)25-13-19(14-6-2-1-3-7-14)24-18-8-4-5-9-20(18)25/h1-12,19,24H,13H2. The molecule has 130 valence electrons. The van der Waals surface area contributed by atoms with Crippen molar-refractivity contribution in [3.63, 3.8) is 0 Å². The summed E-state index contributed by atoms with van der Waals surface area (Å²) in [7, 11) is 0. The fourth-order valence-corrected chi connectivity index (χ4v) is 3.20. The lowest BCUT2D eigenvalue weighted by Crippen LogP contribution is -2.40. The smallest absolute Gasteiger partial charge is 0.258 e. The minimum absolute atomic E-state index is 0.0969. The highest BCUT2D eigenvalue weighted by Crippen LogP contribution is 2.36. The molecule has 3 nitrogen and oxygen atoms in total. The van der Waals surface area contributed by atoms with Gasteiger partial charge in [-0.2, -0.15) is 0 Å². The summed E-state index contributed by atoms with van der Waals surface area (Å²) in [5, 5.41) is 3.44. The fourth-order valence-electron chi connectivity index (χ4n) is 3.20. The van der Waals surface area contributed by atoms with Gasteiger partial charge in [-0.1, -0.05) is 42.5 Å². The van der Waals surface area contributed by atoms with Crippen molar-refractivity contribution in [2.24, 2.45) is 0 Å². The molecule has 1 amide bonds. The van der Waals surface area contributed by atoms with E-state index in [2.05, 4.69) is 5.32 Å². The highest BCUT2D eigenvalue weighted by Gasteiger charge is 2.29. The second kappa shape index (κ2) is 6.59. The first-order valence-electron chi connectivity index (χ1n) is 8.31. The third-order valence-corrected chi connectivity index (χ3v) is 4.50. The largest absolute Gasteiger partial charge is 0.375 e. The van der Waals surface area contributed by atoms with E-state index in [4.69, 9.17) is 0 Å². The summed E-state index contributed by atoms with van der Waals surface area (Å²) < 4.78 is 26.8. The van der Waals surface area contributed by atoms with Crippen molar-refractivity contribution in [2.75, 3.05) is 16.8 Å². The zero-order chi connectivity index (χ0) is 18.1. The first-order valence-corrected chi connectivity index (χ1v) is 8.31. The number of carbonyl (C=O) groups is 1. The van der Waals surface area contributed by atoms with Gasteiger partial charge >= 0.3 is 0 Å². The van der Waals surface area contributed by atoms with Crippen molar-refractivity contribution >= 4 is 17.3 Å². The zero-order valence-electron chi connectivity index (χ0n) is 13.8. The monoisotopic (exact) mass is 350 g/mol. The predicted molar refractivity (Wildman–Crippen MR) is 97.3 cm³/mol. The lowest BCUT2D eigenvalue weighted by Gasteiger charge is -2.36. The molecule has 1 aliphatic heterocycles. The molecule has 0 fully saturated rings. The number of fused-ring (bicyclic) bond motifs is 1. The van der Waals surface area contributed by atoms with Gasteiger partial charge in [-0.3, -0.25) is 4.79 Å². The number of nitrogens with one attached hydrogen (secondary N) is 1.